The van der Waals surface area contributed by atoms with Gasteiger partial charge in [-0.15, -0.1) is 0 Å². The molecule has 0 spiro atoms. The van der Waals surface area contributed by atoms with E-state index in [1.165, 1.54) is 19.2 Å². The van der Waals surface area contributed by atoms with Crippen LogP contribution in [0.2, 0.25) is 0 Å². The van der Waals surface area contributed by atoms with Crippen molar-refractivity contribution in [3.05, 3.63) is 70.0 Å². The van der Waals surface area contributed by atoms with Gasteiger partial charge in [0.25, 0.3) is 0 Å². The molecule has 2 aromatic carbocycles. The summed E-state index contributed by atoms with van der Waals surface area (Å²) in [6, 6.07) is 8.41. The maximum absolute atomic E-state index is 14.0. The Balaban J connectivity index is 1.60. The highest BCUT2D eigenvalue weighted by atomic mass is 19.1. The number of aromatic nitrogens is 3. The van der Waals surface area contributed by atoms with Crippen LogP contribution in [0.25, 0.3) is 22.2 Å². The first-order chi connectivity index (χ1) is 15.5. The molecule has 0 bridgehead atoms. The smallest absolute Gasteiger partial charge is 0.307 e. The molecule has 0 atom stereocenters. The number of ether oxygens (including phenoxy) is 1. The molecular formula is C22H17F2N5O3. The van der Waals surface area contributed by atoms with Crippen molar-refractivity contribution in [1.82, 2.24) is 14.5 Å². The summed E-state index contributed by atoms with van der Waals surface area (Å²) in [5.41, 5.74) is 2.89. The summed E-state index contributed by atoms with van der Waals surface area (Å²) in [7, 11) is 1.33. The molecular weight excluding hydrogens is 420 g/mol. The van der Waals surface area contributed by atoms with Crippen molar-refractivity contribution in [2.75, 3.05) is 12.4 Å². The highest BCUT2D eigenvalue weighted by Crippen LogP contribution is 2.39. The summed E-state index contributed by atoms with van der Waals surface area (Å²) in [5, 5.41) is 14.8. The van der Waals surface area contributed by atoms with Crippen LogP contribution >= 0.6 is 0 Å². The van der Waals surface area contributed by atoms with Gasteiger partial charge in [-0.1, -0.05) is 0 Å². The van der Waals surface area contributed by atoms with Gasteiger partial charge in [-0.25, -0.2) is 14.4 Å². The maximum atomic E-state index is 14.0. The fraction of sp³-hybridized carbons (Fsp3) is 0.182. The molecule has 1 aliphatic rings. The largest absolute Gasteiger partial charge is 0.494 e. The molecule has 162 valence electrons. The Morgan fingerprint density at radius 3 is 2.84 bits per heavy atom. The Morgan fingerprint density at radius 2 is 2.06 bits per heavy atom. The van der Waals surface area contributed by atoms with Crippen LogP contribution in [0.3, 0.4) is 0 Å². The van der Waals surface area contributed by atoms with Crippen LogP contribution in [-0.4, -0.2) is 26.6 Å². The summed E-state index contributed by atoms with van der Waals surface area (Å²) < 4.78 is 35.3. The van der Waals surface area contributed by atoms with E-state index in [0.717, 1.165) is 53.7 Å². The van der Waals surface area contributed by atoms with Crippen molar-refractivity contribution in [1.29, 1.82) is 0 Å². The standard InChI is InChI=1S/C22H17F2N5O3/c1-32-20-10-14(24)19(29(30)31)11-16(20)27-22-25-7-6-15(26-22)21-13-9-12(23)4-5-17(13)28-8-2-3-18(21)28/h4-7,9-11H,2-3,8H2,1H3,(H,25,26,27). The minimum absolute atomic E-state index is 0.0689. The molecule has 2 aromatic heterocycles. The van der Waals surface area contributed by atoms with Crippen molar-refractivity contribution in [3.8, 4) is 17.0 Å². The molecule has 4 aromatic rings. The van der Waals surface area contributed by atoms with E-state index >= 15 is 0 Å². The van der Waals surface area contributed by atoms with Crippen LogP contribution in [-0.2, 0) is 13.0 Å². The number of methoxy groups -OCH3 is 1. The Morgan fingerprint density at radius 1 is 1.22 bits per heavy atom. The van der Waals surface area contributed by atoms with Crippen molar-refractivity contribution in [3.63, 3.8) is 0 Å². The Bertz CT molecular complexity index is 1390. The van der Waals surface area contributed by atoms with E-state index in [1.807, 2.05) is 0 Å². The molecule has 0 radical (unpaired) electrons. The van der Waals surface area contributed by atoms with Crippen LogP contribution in [0.15, 0.2) is 42.6 Å². The minimum Gasteiger partial charge on any atom is -0.494 e. The van der Waals surface area contributed by atoms with Gasteiger partial charge in [0.2, 0.25) is 11.8 Å². The van der Waals surface area contributed by atoms with Crippen molar-refractivity contribution in [2.24, 2.45) is 0 Å². The van der Waals surface area contributed by atoms with E-state index in [2.05, 4.69) is 19.9 Å². The number of nitro benzene ring substituents is 1. The van der Waals surface area contributed by atoms with E-state index in [0.29, 0.717) is 5.69 Å². The lowest BCUT2D eigenvalue weighted by atomic mass is 10.0. The monoisotopic (exact) mass is 437 g/mol. The second kappa shape index (κ2) is 7.56. The fourth-order valence-corrected chi connectivity index (χ4v) is 4.21. The normalized spacial score (nSPS) is 12.7. The highest BCUT2D eigenvalue weighted by Gasteiger charge is 2.24. The molecule has 0 fully saturated rings. The van der Waals surface area contributed by atoms with Crippen molar-refractivity contribution >= 4 is 28.2 Å². The zero-order chi connectivity index (χ0) is 22.4. The molecule has 0 saturated heterocycles. The number of halogens is 2. The Labute approximate surface area is 180 Å². The molecule has 32 heavy (non-hydrogen) atoms. The minimum atomic E-state index is -1.01. The quantitative estimate of drug-likeness (QED) is 0.349. The van der Waals surface area contributed by atoms with E-state index in [-0.39, 0.29) is 23.2 Å². The number of nitro groups is 1. The number of fused-ring (bicyclic) bond motifs is 3. The SMILES string of the molecule is COc1cc(F)c([N+](=O)[O-])cc1Nc1nccc(-c2c3n(c4ccc(F)cc24)CCC3)n1. The maximum Gasteiger partial charge on any atom is 0.307 e. The molecule has 5 rings (SSSR count). The van der Waals surface area contributed by atoms with Gasteiger partial charge in [0.05, 0.1) is 23.4 Å². The van der Waals surface area contributed by atoms with Gasteiger partial charge in [-0.05, 0) is 37.1 Å². The van der Waals surface area contributed by atoms with E-state index in [9.17, 15) is 18.9 Å². The third-order valence-electron chi connectivity index (χ3n) is 5.55. The summed E-state index contributed by atoms with van der Waals surface area (Å²) in [4.78, 5) is 19.1. The summed E-state index contributed by atoms with van der Waals surface area (Å²) >= 11 is 0. The molecule has 0 aliphatic carbocycles. The topological polar surface area (TPSA) is 95.1 Å². The predicted octanol–water partition coefficient (Wildman–Crippen LogP) is 4.98. The Kier molecular flexibility index (Phi) is 4.69. The van der Waals surface area contributed by atoms with Crippen molar-refractivity contribution in [2.45, 2.75) is 19.4 Å². The molecule has 1 N–H and O–H groups in total. The van der Waals surface area contributed by atoms with E-state index < -0.39 is 16.4 Å². The highest BCUT2D eigenvalue weighted by molar-refractivity contribution is 5.97. The third-order valence-corrected chi connectivity index (χ3v) is 5.55. The van der Waals surface area contributed by atoms with Gasteiger partial charge in [0.15, 0.2) is 0 Å². The number of aryl methyl sites for hydroxylation is 1. The molecule has 1 aliphatic heterocycles. The molecule has 0 amide bonds. The molecule has 10 heteroatoms. The number of nitrogens with one attached hydrogen (secondary N) is 1. The lowest BCUT2D eigenvalue weighted by molar-refractivity contribution is -0.387. The van der Waals surface area contributed by atoms with Gasteiger partial charge < -0.3 is 14.6 Å². The summed E-state index contributed by atoms with van der Waals surface area (Å²) in [6.07, 6.45) is 3.37. The zero-order valence-corrected chi connectivity index (χ0v) is 16.9. The molecule has 0 saturated carbocycles. The predicted molar refractivity (Wildman–Crippen MR) is 114 cm³/mol. The van der Waals surface area contributed by atoms with Gasteiger partial charge in [0, 0.05) is 47.0 Å². The zero-order valence-electron chi connectivity index (χ0n) is 16.9. The average molecular weight is 437 g/mol. The van der Waals surface area contributed by atoms with Crippen LogP contribution in [0.4, 0.5) is 26.1 Å². The second-order valence-corrected chi connectivity index (χ2v) is 7.39. The lowest BCUT2D eigenvalue weighted by Gasteiger charge is -2.11. The number of benzene rings is 2. The van der Waals surface area contributed by atoms with Crippen molar-refractivity contribution < 1.29 is 18.4 Å². The molecule has 3 heterocycles. The third kappa shape index (κ3) is 3.20. The van der Waals surface area contributed by atoms with E-state index in [1.54, 1.807) is 18.3 Å². The van der Waals surface area contributed by atoms with Gasteiger partial charge >= 0.3 is 5.69 Å². The van der Waals surface area contributed by atoms with Crippen LogP contribution in [0.1, 0.15) is 12.1 Å². The van der Waals surface area contributed by atoms with Crippen LogP contribution in [0.5, 0.6) is 5.75 Å². The number of hydrogen-bond donors (Lipinski definition) is 1. The summed E-state index contributed by atoms with van der Waals surface area (Å²) in [5.74, 6) is -1.13. The van der Waals surface area contributed by atoms with E-state index in [4.69, 9.17) is 4.74 Å². The van der Waals surface area contributed by atoms with Gasteiger partial charge in [-0.2, -0.15) is 4.39 Å². The molecule has 8 nitrogen and oxygen atoms in total. The number of hydrogen-bond acceptors (Lipinski definition) is 6. The fourth-order valence-electron chi connectivity index (χ4n) is 4.21. The number of anilines is 2. The molecule has 0 unspecified atom stereocenters. The summed E-state index contributed by atoms with van der Waals surface area (Å²) in [6.45, 7) is 0.851. The average Bonchev–Trinajstić information content (AvgIpc) is 3.35. The first-order valence-corrected chi connectivity index (χ1v) is 9.89. The first kappa shape index (κ1) is 19.9. The van der Waals surface area contributed by atoms with Crippen LogP contribution in [0, 0.1) is 21.7 Å². The van der Waals surface area contributed by atoms with Gasteiger partial charge in [0.1, 0.15) is 11.6 Å². The Hall–Kier alpha value is -4.08. The second-order valence-electron chi connectivity index (χ2n) is 7.39. The van der Waals surface area contributed by atoms with Crippen LogP contribution < -0.4 is 10.1 Å². The van der Waals surface area contributed by atoms with Gasteiger partial charge in [-0.3, -0.25) is 10.1 Å². The number of nitrogens with zero attached hydrogens (tertiary/aromatic N) is 4. The first-order valence-electron chi connectivity index (χ1n) is 9.89. The lowest BCUT2D eigenvalue weighted by Crippen LogP contribution is -2.02. The number of rotatable bonds is 5.